The van der Waals surface area contributed by atoms with E-state index in [-0.39, 0.29) is 30.0 Å². The summed E-state index contributed by atoms with van der Waals surface area (Å²) >= 11 is 0. The van der Waals surface area contributed by atoms with Gasteiger partial charge in [-0.3, -0.25) is 10.2 Å². The van der Waals surface area contributed by atoms with Crippen molar-refractivity contribution in [2.75, 3.05) is 23.8 Å². The van der Waals surface area contributed by atoms with Gasteiger partial charge in [-0.25, -0.2) is 4.98 Å². The van der Waals surface area contributed by atoms with Crippen molar-refractivity contribution in [2.45, 2.75) is 6.04 Å². The smallest absolute Gasteiger partial charge is 0.254 e. The van der Waals surface area contributed by atoms with Crippen molar-refractivity contribution in [3.8, 4) is 0 Å². The van der Waals surface area contributed by atoms with Crippen LogP contribution in [0.1, 0.15) is 15.9 Å². The number of hydrogen-bond donors (Lipinski definition) is 6. The van der Waals surface area contributed by atoms with E-state index in [2.05, 4.69) is 20.6 Å². The molecule has 136 valence electrons. The third-order valence-electron chi connectivity index (χ3n) is 3.29. The van der Waals surface area contributed by atoms with Gasteiger partial charge in [-0.15, -0.1) is 0 Å². The van der Waals surface area contributed by atoms with E-state index in [1.165, 1.54) is 12.4 Å². The van der Waals surface area contributed by atoms with Gasteiger partial charge < -0.3 is 32.2 Å². The molecule has 0 spiro atoms. The average Bonchev–Trinajstić information content (AvgIpc) is 2.64. The summed E-state index contributed by atoms with van der Waals surface area (Å²) in [6.07, 6.45) is 3.35. The van der Waals surface area contributed by atoms with Gasteiger partial charge in [0.1, 0.15) is 18.0 Å². The topological polar surface area (TPSA) is 176 Å². The third kappa shape index (κ3) is 5.24. The second-order valence-corrected chi connectivity index (χ2v) is 5.31. The molecule has 0 aliphatic heterocycles. The predicted molar refractivity (Wildman–Crippen MR) is 99.4 cm³/mol. The highest BCUT2D eigenvalue weighted by Crippen LogP contribution is 2.20. The zero-order valence-electron chi connectivity index (χ0n) is 13.9. The number of rotatable bonds is 10. The number of anilines is 3. The lowest BCUT2D eigenvalue weighted by molar-refractivity contribution is 0.100. The highest BCUT2D eigenvalue weighted by molar-refractivity contribution is 5.98. The molecule has 8 N–H and O–H groups in total. The molecular weight excluding hydrogens is 336 g/mol. The lowest BCUT2D eigenvalue weighted by Gasteiger charge is -2.14. The van der Waals surface area contributed by atoms with Gasteiger partial charge in [-0.05, 0) is 17.7 Å². The first-order chi connectivity index (χ1) is 12.5. The van der Waals surface area contributed by atoms with Crippen LogP contribution in [0.3, 0.4) is 0 Å². The summed E-state index contributed by atoms with van der Waals surface area (Å²) in [5.41, 5.74) is 12.7. The largest absolute Gasteiger partial charge is 0.482 e. The molecular formula is C16H20N8O2. The van der Waals surface area contributed by atoms with Crippen LogP contribution in [0.15, 0.2) is 30.5 Å². The van der Waals surface area contributed by atoms with Gasteiger partial charge in [0.15, 0.2) is 6.40 Å². The van der Waals surface area contributed by atoms with Crippen molar-refractivity contribution in [2.24, 2.45) is 11.5 Å². The fourth-order valence-electron chi connectivity index (χ4n) is 2.04. The molecule has 26 heavy (non-hydrogen) atoms. The summed E-state index contributed by atoms with van der Waals surface area (Å²) in [5, 5.41) is 20.1. The van der Waals surface area contributed by atoms with Crippen molar-refractivity contribution in [1.29, 1.82) is 10.8 Å². The quantitative estimate of drug-likeness (QED) is 0.268. The van der Waals surface area contributed by atoms with Gasteiger partial charge >= 0.3 is 0 Å². The highest BCUT2D eigenvalue weighted by atomic mass is 16.5. The summed E-state index contributed by atoms with van der Waals surface area (Å²) in [6.45, 7) is 0.490. The summed E-state index contributed by atoms with van der Waals surface area (Å²) in [6, 6.07) is 6.69. The van der Waals surface area contributed by atoms with E-state index in [1.807, 2.05) is 0 Å². The first kappa shape index (κ1) is 18.8. The molecule has 10 nitrogen and oxygen atoms in total. The van der Waals surface area contributed by atoms with Crippen LogP contribution in [0.4, 0.5) is 17.5 Å². The zero-order chi connectivity index (χ0) is 18.9. The molecule has 0 aliphatic carbocycles. The minimum Gasteiger partial charge on any atom is -0.482 e. The molecule has 2 aromatic rings. The lowest BCUT2D eigenvalue weighted by Crippen LogP contribution is -2.34. The number of carbonyl (C=O) groups is 1. The number of nitrogens with two attached hydrogens (primary N) is 2. The number of nitrogens with zero attached hydrogens (tertiary/aromatic N) is 2. The van der Waals surface area contributed by atoms with E-state index >= 15 is 0 Å². The van der Waals surface area contributed by atoms with Crippen LogP contribution < -0.4 is 22.1 Å². The molecule has 0 saturated carbocycles. The van der Waals surface area contributed by atoms with Crippen molar-refractivity contribution >= 4 is 36.0 Å². The molecule has 1 amide bonds. The average molecular weight is 356 g/mol. The summed E-state index contributed by atoms with van der Waals surface area (Å²) < 4.78 is 4.80. The van der Waals surface area contributed by atoms with E-state index in [1.54, 1.807) is 24.3 Å². The van der Waals surface area contributed by atoms with E-state index in [0.29, 0.717) is 17.8 Å². The number of primary amides is 1. The Hall–Kier alpha value is -3.53. The molecule has 1 heterocycles. The number of benzene rings is 1. The maximum absolute atomic E-state index is 11.6. The molecule has 1 aromatic carbocycles. The molecule has 0 bridgehead atoms. The third-order valence-corrected chi connectivity index (χ3v) is 3.29. The van der Waals surface area contributed by atoms with Crippen LogP contribution in [0.25, 0.3) is 0 Å². The number of hydrogen-bond acceptors (Lipinski definition) is 9. The van der Waals surface area contributed by atoms with E-state index in [4.69, 9.17) is 27.0 Å². The van der Waals surface area contributed by atoms with Crippen LogP contribution in [-0.4, -0.2) is 47.7 Å². The van der Waals surface area contributed by atoms with Crippen molar-refractivity contribution in [1.82, 2.24) is 9.97 Å². The Bertz CT molecular complexity index is 796. The van der Waals surface area contributed by atoms with Gasteiger partial charge in [0.25, 0.3) is 5.91 Å². The van der Waals surface area contributed by atoms with Gasteiger partial charge in [-0.1, -0.05) is 12.1 Å². The number of amides is 1. The highest BCUT2D eigenvalue weighted by Gasteiger charge is 2.13. The van der Waals surface area contributed by atoms with Gasteiger partial charge in [-0.2, -0.15) is 4.98 Å². The first-order valence-electron chi connectivity index (χ1n) is 7.68. The molecule has 0 aliphatic rings. The van der Waals surface area contributed by atoms with Crippen LogP contribution >= 0.6 is 0 Å². The van der Waals surface area contributed by atoms with Crippen molar-refractivity contribution < 1.29 is 9.53 Å². The lowest BCUT2D eigenvalue weighted by atomic mass is 10.2. The molecule has 0 saturated heterocycles. The Morgan fingerprint density at radius 1 is 1.38 bits per heavy atom. The minimum atomic E-state index is -0.668. The number of aromatic nitrogens is 2. The van der Waals surface area contributed by atoms with Gasteiger partial charge in [0, 0.05) is 24.6 Å². The van der Waals surface area contributed by atoms with E-state index in [0.717, 1.165) is 6.40 Å². The summed E-state index contributed by atoms with van der Waals surface area (Å²) in [4.78, 5) is 19.9. The van der Waals surface area contributed by atoms with E-state index in [9.17, 15) is 4.79 Å². The first-order valence-corrected chi connectivity index (χ1v) is 7.68. The Morgan fingerprint density at radius 3 is 2.88 bits per heavy atom. The second kappa shape index (κ2) is 9.08. The molecule has 10 heteroatoms. The minimum absolute atomic E-state index is 0.132. The SMILES string of the molecule is N=COC[C@H](N)CNc1ncc(C(N)=O)c(Nc2cccc(C=N)c2)n1. The Labute approximate surface area is 150 Å². The maximum Gasteiger partial charge on any atom is 0.254 e. The normalized spacial score (nSPS) is 11.3. The van der Waals surface area contributed by atoms with Crippen molar-refractivity contribution in [3.63, 3.8) is 0 Å². The Balaban J connectivity index is 2.18. The number of carbonyl (C=O) groups excluding carboxylic acids is 1. The molecule has 1 atom stereocenters. The molecule has 1 aromatic heterocycles. The fraction of sp³-hybridized carbons (Fsp3) is 0.188. The maximum atomic E-state index is 11.6. The standard InChI is InChI=1S/C16H20N8O2/c17-5-10-2-1-3-12(4-10)23-15-13(14(20)25)7-22-16(24-15)21-6-11(19)8-26-9-18/h1-5,7,9,11,17-18H,6,8,19H2,(H2,20,25)(H2,21,22,23,24)/t11-/m1/s1. The van der Waals surface area contributed by atoms with Gasteiger partial charge in [0.2, 0.25) is 5.95 Å². The summed E-state index contributed by atoms with van der Waals surface area (Å²) in [7, 11) is 0. The van der Waals surface area contributed by atoms with Crippen LogP contribution in [0, 0.1) is 10.8 Å². The fourth-order valence-corrected chi connectivity index (χ4v) is 2.04. The molecule has 0 fully saturated rings. The van der Waals surface area contributed by atoms with Crippen molar-refractivity contribution in [3.05, 3.63) is 41.6 Å². The van der Waals surface area contributed by atoms with Crippen LogP contribution in [0.5, 0.6) is 0 Å². The summed E-state index contributed by atoms with van der Waals surface area (Å²) in [5.74, 6) is -0.175. The molecule has 0 unspecified atom stereocenters. The Kier molecular flexibility index (Phi) is 6.57. The second-order valence-electron chi connectivity index (χ2n) is 5.31. The monoisotopic (exact) mass is 356 g/mol. The van der Waals surface area contributed by atoms with Crippen LogP contribution in [0.2, 0.25) is 0 Å². The zero-order valence-corrected chi connectivity index (χ0v) is 13.9. The number of ether oxygens (including phenoxy) is 1. The number of nitrogens with one attached hydrogen (secondary N) is 4. The molecule has 2 rings (SSSR count). The van der Waals surface area contributed by atoms with Crippen LogP contribution in [-0.2, 0) is 4.74 Å². The van der Waals surface area contributed by atoms with Gasteiger partial charge in [0.05, 0.1) is 6.04 Å². The molecule has 0 radical (unpaired) electrons. The van der Waals surface area contributed by atoms with E-state index < -0.39 is 5.91 Å². The Morgan fingerprint density at radius 2 is 2.19 bits per heavy atom. The predicted octanol–water partition coefficient (Wildman–Crippen LogP) is 0.680.